The van der Waals surface area contributed by atoms with Crippen LogP contribution >= 0.6 is 23.6 Å². The van der Waals surface area contributed by atoms with E-state index in [1.165, 1.54) is 17.4 Å². The monoisotopic (exact) mass is 432 g/mol. The first-order chi connectivity index (χ1) is 14.5. The minimum Gasteiger partial charge on any atom is -0.288 e. The fourth-order valence-corrected chi connectivity index (χ4v) is 5.21. The van der Waals surface area contributed by atoms with Crippen molar-refractivity contribution in [2.45, 2.75) is 13.5 Å². The Bertz CT molecular complexity index is 1530. The second kappa shape index (κ2) is 7.31. The normalized spacial score (nSPS) is 11.4. The van der Waals surface area contributed by atoms with Crippen LogP contribution in [0, 0.1) is 16.7 Å². The molecule has 0 unspecified atom stereocenters. The van der Waals surface area contributed by atoms with E-state index in [0.717, 1.165) is 16.6 Å². The maximum Gasteiger partial charge on any atom is 0.261 e. The van der Waals surface area contributed by atoms with Gasteiger partial charge in [0.15, 0.2) is 3.95 Å². The molecule has 2 aromatic heterocycles. The number of benzene rings is 3. The zero-order chi connectivity index (χ0) is 20.8. The number of hydrogen-bond acceptors (Lipinski definition) is 3. The van der Waals surface area contributed by atoms with Crippen molar-refractivity contribution in [1.82, 2.24) is 8.97 Å². The molecule has 0 aliphatic carbocycles. The van der Waals surface area contributed by atoms with Crippen LogP contribution in [0.4, 0.5) is 4.39 Å². The van der Waals surface area contributed by atoms with E-state index < -0.39 is 0 Å². The standard InChI is InChI=1S/C24H17FN2OS2/c1-15-10-12-16(13-11-15)14-26-22-21(17-6-2-4-8-19(17)25)30-24(29)27(22)20-9-5-3-7-18(20)23(26)28/h2-13H,14H2,1H3. The average molecular weight is 433 g/mol. The van der Waals surface area contributed by atoms with E-state index in [1.54, 1.807) is 22.8 Å². The molecule has 30 heavy (non-hydrogen) atoms. The summed E-state index contributed by atoms with van der Waals surface area (Å²) < 4.78 is 18.9. The fourth-order valence-electron chi connectivity index (χ4n) is 3.76. The van der Waals surface area contributed by atoms with Crippen LogP contribution in [0.5, 0.6) is 0 Å². The van der Waals surface area contributed by atoms with Crippen molar-refractivity contribution in [2.24, 2.45) is 0 Å². The summed E-state index contributed by atoms with van der Waals surface area (Å²) in [5.74, 6) is -0.334. The van der Waals surface area contributed by atoms with E-state index in [-0.39, 0.29) is 11.4 Å². The topological polar surface area (TPSA) is 26.4 Å². The van der Waals surface area contributed by atoms with Crippen LogP contribution in [0.2, 0.25) is 0 Å². The minimum atomic E-state index is -0.334. The van der Waals surface area contributed by atoms with Gasteiger partial charge in [0.2, 0.25) is 0 Å². The van der Waals surface area contributed by atoms with E-state index >= 15 is 0 Å². The number of halogens is 1. The third kappa shape index (κ3) is 3.00. The average Bonchev–Trinajstić information content (AvgIpc) is 3.10. The quantitative estimate of drug-likeness (QED) is 0.317. The molecule has 148 valence electrons. The summed E-state index contributed by atoms with van der Waals surface area (Å²) in [5.41, 5.74) is 3.84. The van der Waals surface area contributed by atoms with Gasteiger partial charge in [-0.3, -0.25) is 13.8 Å². The van der Waals surface area contributed by atoms with Crippen molar-refractivity contribution < 1.29 is 4.39 Å². The summed E-state index contributed by atoms with van der Waals surface area (Å²) in [6, 6.07) is 22.1. The van der Waals surface area contributed by atoms with Crippen molar-refractivity contribution in [3.63, 3.8) is 0 Å². The van der Waals surface area contributed by atoms with Gasteiger partial charge < -0.3 is 0 Å². The number of aryl methyl sites for hydroxylation is 1. The van der Waals surface area contributed by atoms with E-state index in [1.807, 2.05) is 59.9 Å². The van der Waals surface area contributed by atoms with Gasteiger partial charge in [-0.1, -0.05) is 60.2 Å². The predicted molar refractivity (Wildman–Crippen MR) is 124 cm³/mol. The van der Waals surface area contributed by atoms with Gasteiger partial charge in [0.1, 0.15) is 11.5 Å². The van der Waals surface area contributed by atoms with Gasteiger partial charge in [0, 0.05) is 5.56 Å². The molecule has 0 fully saturated rings. The van der Waals surface area contributed by atoms with Crippen molar-refractivity contribution in [3.05, 3.63) is 104 Å². The Labute approximate surface area is 181 Å². The van der Waals surface area contributed by atoms with E-state index in [4.69, 9.17) is 12.2 Å². The molecule has 0 aliphatic heterocycles. The molecule has 6 heteroatoms. The molecule has 3 nitrogen and oxygen atoms in total. The van der Waals surface area contributed by atoms with Crippen LogP contribution in [-0.2, 0) is 6.54 Å². The maximum atomic E-state index is 14.7. The second-order valence-electron chi connectivity index (χ2n) is 7.23. The molecule has 5 aromatic rings. The number of aromatic nitrogens is 2. The molecule has 0 atom stereocenters. The van der Waals surface area contributed by atoms with Gasteiger partial charge in [-0.2, -0.15) is 0 Å². The summed E-state index contributed by atoms with van der Waals surface area (Å²) in [5, 5.41) is 0.589. The molecule has 2 heterocycles. The summed E-state index contributed by atoms with van der Waals surface area (Å²) in [4.78, 5) is 14.2. The van der Waals surface area contributed by atoms with Crippen LogP contribution in [0.25, 0.3) is 27.0 Å². The predicted octanol–water partition coefficient (Wildman–Crippen LogP) is 6.21. The van der Waals surface area contributed by atoms with E-state index in [2.05, 4.69) is 0 Å². The van der Waals surface area contributed by atoms with Crippen molar-refractivity contribution in [2.75, 3.05) is 0 Å². The van der Waals surface area contributed by atoms with Crippen LogP contribution in [-0.4, -0.2) is 8.97 Å². The van der Waals surface area contributed by atoms with E-state index in [9.17, 15) is 9.18 Å². The van der Waals surface area contributed by atoms with Gasteiger partial charge in [-0.15, -0.1) is 11.3 Å². The summed E-state index contributed by atoms with van der Waals surface area (Å²) in [7, 11) is 0. The summed E-state index contributed by atoms with van der Waals surface area (Å²) in [6.45, 7) is 2.40. The molecule has 0 N–H and O–H groups in total. The molecule has 0 radical (unpaired) electrons. The number of nitrogens with zero attached hydrogens (tertiary/aromatic N) is 2. The molecule has 0 bridgehead atoms. The summed E-state index contributed by atoms with van der Waals surface area (Å²) >= 11 is 7.00. The third-order valence-electron chi connectivity index (χ3n) is 5.24. The second-order valence-corrected chi connectivity index (χ2v) is 8.87. The molecule has 0 amide bonds. The first kappa shape index (κ1) is 18.9. The largest absolute Gasteiger partial charge is 0.288 e. The highest BCUT2D eigenvalue weighted by Gasteiger charge is 2.20. The lowest BCUT2D eigenvalue weighted by molar-refractivity contribution is 0.631. The fraction of sp³-hybridized carbons (Fsp3) is 0.0833. The Hall–Kier alpha value is -3.09. The Morgan fingerprint density at radius 2 is 1.67 bits per heavy atom. The number of rotatable bonds is 3. The molecule has 0 spiro atoms. The first-order valence-electron chi connectivity index (χ1n) is 9.52. The van der Waals surface area contributed by atoms with Crippen LogP contribution in [0.1, 0.15) is 11.1 Å². The van der Waals surface area contributed by atoms with E-state index in [0.29, 0.717) is 32.0 Å². The highest BCUT2D eigenvalue weighted by molar-refractivity contribution is 7.73. The molecular formula is C24H17FN2OS2. The molecule has 5 rings (SSSR count). The number of para-hydroxylation sites is 1. The smallest absolute Gasteiger partial charge is 0.261 e. The molecule has 0 saturated heterocycles. The molecule has 3 aromatic carbocycles. The Kier molecular flexibility index (Phi) is 4.60. The van der Waals surface area contributed by atoms with Gasteiger partial charge >= 0.3 is 0 Å². The lowest BCUT2D eigenvalue weighted by Crippen LogP contribution is -2.23. The SMILES string of the molecule is Cc1ccc(Cn2c(=O)c3ccccc3n3c(=S)sc(-c4ccccc4F)c23)cc1. The lowest BCUT2D eigenvalue weighted by Gasteiger charge is -2.14. The highest BCUT2D eigenvalue weighted by Crippen LogP contribution is 2.34. The highest BCUT2D eigenvalue weighted by atomic mass is 32.1. The number of fused-ring (bicyclic) bond motifs is 3. The first-order valence-corrected chi connectivity index (χ1v) is 10.7. The van der Waals surface area contributed by atoms with Gasteiger partial charge in [-0.05, 0) is 42.9 Å². The summed E-state index contributed by atoms with van der Waals surface area (Å²) in [6.07, 6.45) is 0. The number of hydrogen-bond donors (Lipinski definition) is 0. The lowest BCUT2D eigenvalue weighted by atomic mass is 10.1. The molecular weight excluding hydrogens is 415 g/mol. The maximum absolute atomic E-state index is 14.7. The minimum absolute atomic E-state index is 0.114. The van der Waals surface area contributed by atoms with Gasteiger partial charge in [0.25, 0.3) is 5.56 Å². The van der Waals surface area contributed by atoms with Crippen LogP contribution in [0.3, 0.4) is 0 Å². The Morgan fingerprint density at radius 1 is 0.967 bits per heavy atom. The number of thiazole rings is 1. The van der Waals surface area contributed by atoms with Crippen molar-refractivity contribution in [3.8, 4) is 10.4 Å². The zero-order valence-corrected chi connectivity index (χ0v) is 17.8. The van der Waals surface area contributed by atoms with Crippen molar-refractivity contribution >= 4 is 40.1 Å². The van der Waals surface area contributed by atoms with Crippen LogP contribution in [0.15, 0.2) is 77.6 Å². The van der Waals surface area contributed by atoms with Gasteiger partial charge in [-0.25, -0.2) is 4.39 Å². The van der Waals surface area contributed by atoms with Crippen molar-refractivity contribution in [1.29, 1.82) is 0 Å². The zero-order valence-electron chi connectivity index (χ0n) is 16.1. The third-order valence-corrected chi connectivity index (χ3v) is 6.64. The molecule has 0 saturated carbocycles. The Morgan fingerprint density at radius 3 is 2.43 bits per heavy atom. The molecule has 0 aliphatic rings. The Balaban J connectivity index is 1.92. The van der Waals surface area contributed by atoms with Crippen LogP contribution < -0.4 is 5.56 Å². The van der Waals surface area contributed by atoms with Gasteiger partial charge in [0.05, 0.1) is 22.3 Å².